The Balaban J connectivity index is 2.49. The van der Waals surface area contributed by atoms with Crippen LogP contribution in [0.5, 0.6) is 0 Å². The summed E-state index contributed by atoms with van der Waals surface area (Å²) in [7, 11) is 1.82. The van der Waals surface area contributed by atoms with Crippen molar-refractivity contribution in [1.29, 1.82) is 0 Å². The van der Waals surface area contributed by atoms with Gasteiger partial charge < -0.3 is 15.1 Å². The van der Waals surface area contributed by atoms with Crippen molar-refractivity contribution in [2.75, 3.05) is 20.1 Å². The first-order valence-electron chi connectivity index (χ1n) is 3.69. The number of β-amino-alcohol motifs (C(OH)–C–C–N with tert-alkyl or cyclic N) is 1. The number of likely N-dealkylation sites (tertiary alicyclic amines) is 1. The highest BCUT2D eigenvalue weighted by Gasteiger charge is 2.28. The molecule has 1 aliphatic rings. The smallest absolute Gasteiger partial charge is 0.307 e. The molecule has 1 aliphatic heterocycles. The third-order valence-corrected chi connectivity index (χ3v) is 1.96. The van der Waals surface area contributed by atoms with Crippen LogP contribution in [0.25, 0.3) is 0 Å². The molecule has 0 amide bonds. The summed E-state index contributed by atoms with van der Waals surface area (Å²) < 4.78 is 0. The van der Waals surface area contributed by atoms with Gasteiger partial charge in [-0.1, -0.05) is 0 Å². The molecule has 0 aromatic heterocycles. The van der Waals surface area contributed by atoms with E-state index in [1.165, 1.54) is 0 Å². The quantitative estimate of drug-likeness (QED) is 0.535. The first-order chi connectivity index (χ1) is 5.09. The fourth-order valence-electron chi connectivity index (χ4n) is 1.47. The van der Waals surface area contributed by atoms with E-state index in [2.05, 4.69) is 0 Å². The maximum Gasteiger partial charge on any atom is 0.307 e. The Morgan fingerprint density at radius 2 is 2.18 bits per heavy atom. The Morgan fingerprint density at radius 1 is 1.55 bits per heavy atom. The first-order valence-corrected chi connectivity index (χ1v) is 3.69. The number of aliphatic hydroxyl groups is 1. The lowest BCUT2D eigenvalue weighted by Gasteiger charge is -2.30. The minimum atomic E-state index is -0.810. The van der Waals surface area contributed by atoms with Gasteiger partial charge in [0, 0.05) is 13.1 Å². The summed E-state index contributed by atoms with van der Waals surface area (Å²) >= 11 is 0. The topological polar surface area (TPSA) is 60.8 Å². The average Bonchev–Trinajstić information content (AvgIpc) is 1.85. The number of aliphatic hydroxyl groups excluding tert-OH is 1. The Bertz CT molecular complexity index is 150. The zero-order chi connectivity index (χ0) is 8.43. The highest BCUT2D eigenvalue weighted by molar-refractivity contribution is 5.70. The summed E-state index contributed by atoms with van der Waals surface area (Å²) in [4.78, 5) is 12.3. The van der Waals surface area contributed by atoms with E-state index in [0.717, 1.165) is 0 Å². The number of likely N-dealkylation sites (N-methyl/N-ethyl adjacent to an activating group) is 1. The van der Waals surface area contributed by atoms with Crippen molar-refractivity contribution in [3.05, 3.63) is 0 Å². The first kappa shape index (κ1) is 8.49. The van der Waals surface area contributed by atoms with Gasteiger partial charge in [-0.3, -0.25) is 4.79 Å². The van der Waals surface area contributed by atoms with Crippen LogP contribution in [0.1, 0.15) is 6.42 Å². The average molecular weight is 159 g/mol. The van der Waals surface area contributed by atoms with Crippen LogP contribution in [0.4, 0.5) is 0 Å². The van der Waals surface area contributed by atoms with E-state index in [-0.39, 0.29) is 0 Å². The SMILES string of the molecule is CN1CC(C(=O)O)C[C@@H](O)C1. The summed E-state index contributed by atoms with van der Waals surface area (Å²) in [5, 5.41) is 17.8. The van der Waals surface area contributed by atoms with Gasteiger partial charge in [-0.2, -0.15) is 0 Å². The summed E-state index contributed by atoms with van der Waals surface area (Å²) in [6.45, 7) is 1.14. The highest BCUT2D eigenvalue weighted by Crippen LogP contribution is 2.15. The highest BCUT2D eigenvalue weighted by atomic mass is 16.4. The third-order valence-electron chi connectivity index (χ3n) is 1.96. The van der Waals surface area contributed by atoms with Crippen LogP contribution in [0.15, 0.2) is 0 Å². The van der Waals surface area contributed by atoms with Crippen LogP contribution < -0.4 is 0 Å². The maximum atomic E-state index is 10.5. The molecule has 2 N–H and O–H groups in total. The Kier molecular flexibility index (Phi) is 2.46. The molecule has 1 unspecified atom stereocenters. The number of rotatable bonds is 1. The lowest BCUT2D eigenvalue weighted by Crippen LogP contribution is -2.43. The van der Waals surface area contributed by atoms with E-state index in [1.807, 2.05) is 11.9 Å². The molecule has 1 saturated heterocycles. The van der Waals surface area contributed by atoms with Crippen molar-refractivity contribution < 1.29 is 15.0 Å². The van der Waals surface area contributed by atoms with Gasteiger partial charge >= 0.3 is 5.97 Å². The number of carboxylic acids is 1. The number of nitrogens with zero attached hydrogens (tertiary/aromatic N) is 1. The summed E-state index contributed by atoms with van der Waals surface area (Å²) in [6.07, 6.45) is -0.0884. The molecule has 0 spiro atoms. The van der Waals surface area contributed by atoms with Crippen LogP contribution in [-0.4, -0.2) is 47.3 Å². The molecular formula is C7H13NO3. The number of hydrogen-bond donors (Lipinski definition) is 2. The molecule has 0 bridgehead atoms. The summed E-state index contributed by atoms with van der Waals surface area (Å²) in [5.74, 6) is -1.21. The lowest BCUT2D eigenvalue weighted by atomic mass is 9.97. The Labute approximate surface area is 65.4 Å². The van der Waals surface area contributed by atoms with Crippen molar-refractivity contribution in [3.63, 3.8) is 0 Å². The fraction of sp³-hybridized carbons (Fsp3) is 0.857. The summed E-state index contributed by atoms with van der Waals surface area (Å²) in [6, 6.07) is 0. The second-order valence-electron chi connectivity index (χ2n) is 3.15. The van der Waals surface area contributed by atoms with Crippen molar-refractivity contribution in [3.8, 4) is 0 Å². The van der Waals surface area contributed by atoms with Gasteiger partial charge in [-0.05, 0) is 13.5 Å². The van der Waals surface area contributed by atoms with Crippen molar-refractivity contribution >= 4 is 5.97 Å². The molecule has 4 nitrogen and oxygen atoms in total. The molecule has 0 aliphatic carbocycles. The van der Waals surface area contributed by atoms with Crippen LogP contribution in [0.2, 0.25) is 0 Å². The van der Waals surface area contributed by atoms with E-state index >= 15 is 0 Å². The molecule has 4 heteroatoms. The van der Waals surface area contributed by atoms with E-state index < -0.39 is 18.0 Å². The molecule has 0 radical (unpaired) electrons. The monoisotopic (exact) mass is 159 g/mol. The van der Waals surface area contributed by atoms with Crippen LogP contribution >= 0.6 is 0 Å². The van der Waals surface area contributed by atoms with E-state index in [0.29, 0.717) is 19.5 Å². The van der Waals surface area contributed by atoms with Gasteiger partial charge in [0.2, 0.25) is 0 Å². The fourth-order valence-corrected chi connectivity index (χ4v) is 1.47. The van der Waals surface area contributed by atoms with Crippen molar-refractivity contribution in [2.45, 2.75) is 12.5 Å². The van der Waals surface area contributed by atoms with Crippen molar-refractivity contribution in [1.82, 2.24) is 4.90 Å². The van der Waals surface area contributed by atoms with Gasteiger partial charge in [-0.25, -0.2) is 0 Å². The molecule has 1 fully saturated rings. The normalized spacial score (nSPS) is 33.6. The molecule has 11 heavy (non-hydrogen) atoms. The van der Waals surface area contributed by atoms with Gasteiger partial charge in [0.05, 0.1) is 12.0 Å². The van der Waals surface area contributed by atoms with E-state index in [4.69, 9.17) is 5.11 Å². The number of carboxylic acid groups (broad SMARTS) is 1. The third kappa shape index (κ3) is 2.17. The van der Waals surface area contributed by atoms with Gasteiger partial charge in [0.25, 0.3) is 0 Å². The number of aliphatic carboxylic acids is 1. The molecular weight excluding hydrogens is 146 g/mol. The van der Waals surface area contributed by atoms with Crippen molar-refractivity contribution in [2.24, 2.45) is 5.92 Å². The van der Waals surface area contributed by atoms with E-state index in [1.54, 1.807) is 0 Å². The number of piperidine rings is 1. The zero-order valence-corrected chi connectivity index (χ0v) is 6.53. The van der Waals surface area contributed by atoms with Gasteiger partial charge in [0.15, 0.2) is 0 Å². The molecule has 0 aromatic carbocycles. The molecule has 0 saturated carbocycles. The van der Waals surface area contributed by atoms with Crippen LogP contribution in [0.3, 0.4) is 0 Å². The van der Waals surface area contributed by atoms with E-state index in [9.17, 15) is 9.90 Å². The number of hydrogen-bond acceptors (Lipinski definition) is 3. The van der Waals surface area contributed by atoms with Gasteiger partial charge in [0.1, 0.15) is 0 Å². The Hall–Kier alpha value is -0.610. The van der Waals surface area contributed by atoms with Crippen LogP contribution in [0, 0.1) is 5.92 Å². The largest absolute Gasteiger partial charge is 0.481 e. The maximum absolute atomic E-state index is 10.5. The van der Waals surface area contributed by atoms with Gasteiger partial charge in [-0.15, -0.1) is 0 Å². The minimum Gasteiger partial charge on any atom is -0.481 e. The molecule has 1 heterocycles. The zero-order valence-electron chi connectivity index (χ0n) is 6.53. The van der Waals surface area contributed by atoms with Crippen LogP contribution in [-0.2, 0) is 4.79 Å². The minimum absolute atomic E-state index is 0.389. The predicted molar refractivity (Wildman–Crippen MR) is 39.2 cm³/mol. The molecule has 64 valence electrons. The number of carbonyl (C=O) groups is 1. The molecule has 2 atom stereocenters. The summed E-state index contributed by atoms with van der Waals surface area (Å²) in [5.41, 5.74) is 0. The molecule has 0 aromatic rings. The second-order valence-corrected chi connectivity index (χ2v) is 3.15. The lowest BCUT2D eigenvalue weighted by molar-refractivity contribution is -0.145. The Morgan fingerprint density at radius 3 is 2.64 bits per heavy atom. The second kappa shape index (κ2) is 3.19. The predicted octanol–water partition coefficient (Wildman–Crippen LogP) is -0.616. The molecule has 1 rings (SSSR count). The standard InChI is InChI=1S/C7H13NO3/c1-8-3-5(7(10)11)2-6(9)4-8/h5-6,9H,2-4H2,1H3,(H,10,11)/t5?,6-/m1/s1.